The van der Waals surface area contributed by atoms with Crippen LogP contribution in [0.4, 0.5) is 23.2 Å². The fourth-order valence-electron chi connectivity index (χ4n) is 5.77. The summed E-state index contributed by atoms with van der Waals surface area (Å²) in [4.78, 5) is 22.0. The van der Waals surface area contributed by atoms with Crippen molar-refractivity contribution >= 4 is 17.2 Å². The summed E-state index contributed by atoms with van der Waals surface area (Å²) < 4.78 is 55.6. The number of pyridine rings is 1. The van der Waals surface area contributed by atoms with Crippen LogP contribution in [0.3, 0.4) is 0 Å². The van der Waals surface area contributed by atoms with Crippen LogP contribution in [-0.2, 0) is 6.18 Å². The lowest BCUT2D eigenvalue weighted by atomic mass is 9.92. The number of aromatic nitrogens is 3. The molecule has 1 aromatic carbocycles. The number of anilines is 1. The summed E-state index contributed by atoms with van der Waals surface area (Å²) >= 11 is 0. The maximum absolute atomic E-state index is 14.6. The number of alkyl halides is 3. The standard InChI is InChI=1S/C27H32F4N6O2/c1-17(20-5-3-6-21(23(20)28)27(29,30)31)34-25(38)18-13-22(24-32-16-33-37(24)14-18)35-11-7-19(8-12-35)36-10-4-9-26(2,39)15-36/h3,5-6,13-14,16-17,19,39H,4,7-12,15H2,1-2H3,(H,34,38)/t17-,26+/m1/s1. The minimum atomic E-state index is -4.84. The molecule has 0 radical (unpaired) electrons. The molecule has 0 spiro atoms. The largest absolute Gasteiger partial charge is 0.419 e. The van der Waals surface area contributed by atoms with E-state index >= 15 is 0 Å². The molecule has 3 aromatic rings. The number of likely N-dealkylation sites (tertiary alicyclic amines) is 1. The first-order valence-electron chi connectivity index (χ1n) is 13.1. The average Bonchev–Trinajstić information content (AvgIpc) is 3.36. The number of amides is 1. The van der Waals surface area contributed by atoms with Crippen molar-refractivity contribution in [2.75, 3.05) is 31.1 Å². The number of β-amino-alcohol motifs (C(OH)–C–C–N with tert-alkyl or cyclic N) is 1. The fourth-order valence-corrected chi connectivity index (χ4v) is 5.77. The average molecular weight is 549 g/mol. The van der Waals surface area contributed by atoms with Crippen LogP contribution in [0.5, 0.6) is 0 Å². The molecule has 5 rings (SSSR count). The van der Waals surface area contributed by atoms with Crippen molar-refractivity contribution in [1.29, 1.82) is 0 Å². The lowest BCUT2D eigenvalue weighted by molar-refractivity contribution is -0.140. The Labute approximate surface area is 223 Å². The highest BCUT2D eigenvalue weighted by Crippen LogP contribution is 2.34. The topological polar surface area (TPSA) is 86.0 Å². The number of nitrogens with zero attached hydrogens (tertiary/aromatic N) is 5. The van der Waals surface area contributed by atoms with E-state index in [0.717, 1.165) is 57.1 Å². The van der Waals surface area contributed by atoms with E-state index in [4.69, 9.17) is 0 Å². The lowest BCUT2D eigenvalue weighted by Crippen LogP contribution is -2.53. The van der Waals surface area contributed by atoms with Gasteiger partial charge in [0.25, 0.3) is 5.91 Å². The lowest BCUT2D eigenvalue weighted by Gasteiger charge is -2.44. The monoisotopic (exact) mass is 548 g/mol. The van der Waals surface area contributed by atoms with Gasteiger partial charge in [0.05, 0.1) is 28.5 Å². The van der Waals surface area contributed by atoms with Crippen LogP contribution < -0.4 is 10.2 Å². The molecule has 2 N–H and O–H groups in total. The normalized spacial score (nSPS) is 22.3. The zero-order valence-corrected chi connectivity index (χ0v) is 21.9. The molecule has 210 valence electrons. The van der Waals surface area contributed by atoms with E-state index in [0.29, 0.717) is 24.3 Å². The van der Waals surface area contributed by atoms with Crippen molar-refractivity contribution in [2.45, 2.75) is 63.4 Å². The second kappa shape index (κ2) is 10.4. The predicted octanol–water partition coefficient (Wildman–Crippen LogP) is 4.19. The van der Waals surface area contributed by atoms with Gasteiger partial charge in [0.15, 0.2) is 5.65 Å². The molecule has 2 aromatic heterocycles. The van der Waals surface area contributed by atoms with Gasteiger partial charge in [-0.1, -0.05) is 12.1 Å². The molecule has 39 heavy (non-hydrogen) atoms. The molecule has 1 amide bonds. The Morgan fingerprint density at radius 2 is 1.97 bits per heavy atom. The van der Waals surface area contributed by atoms with Crippen molar-refractivity contribution in [3.8, 4) is 0 Å². The number of hydrogen-bond donors (Lipinski definition) is 2. The van der Waals surface area contributed by atoms with Gasteiger partial charge in [-0.25, -0.2) is 13.9 Å². The Kier molecular flexibility index (Phi) is 7.27. The first-order valence-corrected chi connectivity index (χ1v) is 13.1. The number of carbonyl (C=O) groups excluding carboxylic acids is 1. The third kappa shape index (κ3) is 5.72. The van der Waals surface area contributed by atoms with Crippen LogP contribution in [0, 0.1) is 5.82 Å². The molecule has 2 aliphatic rings. The Hall–Kier alpha value is -3.25. The summed E-state index contributed by atoms with van der Waals surface area (Å²) in [6.45, 7) is 6.40. The highest BCUT2D eigenvalue weighted by molar-refractivity contribution is 5.96. The van der Waals surface area contributed by atoms with Crippen LogP contribution in [-0.4, -0.2) is 68.3 Å². The zero-order chi connectivity index (χ0) is 27.9. The van der Waals surface area contributed by atoms with Gasteiger partial charge in [-0.2, -0.15) is 18.3 Å². The Balaban J connectivity index is 1.33. The van der Waals surface area contributed by atoms with Gasteiger partial charge in [-0.15, -0.1) is 0 Å². The SMILES string of the molecule is C[C@@H](NC(=O)c1cc(N2CCC(N3CCC[C@](C)(O)C3)CC2)c2ncnn2c1)c1cccc(C(F)(F)F)c1F. The number of hydrogen-bond acceptors (Lipinski definition) is 6. The molecule has 0 saturated carbocycles. The molecule has 8 nitrogen and oxygen atoms in total. The summed E-state index contributed by atoms with van der Waals surface area (Å²) in [6, 6.07) is 4.07. The first-order chi connectivity index (χ1) is 18.4. The summed E-state index contributed by atoms with van der Waals surface area (Å²) in [5.41, 5.74) is -0.747. The minimum Gasteiger partial charge on any atom is -0.389 e. The van der Waals surface area contributed by atoms with Crippen LogP contribution in [0.1, 0.15) is 67.1 Å². The Morgan fingerprint density at radius 1 is 1.23 bits per heavy atom. The van der Waals surface area contributed by atoms with Crippen molar-refractivity contribution in [2.24, 2.45) is 0 Å². The number of rotatable bonds is 5. The summed E-state index contributed by atoms with van der Waals surface area (Å²) in [5.74, 6) is -1.97. The number of fused-ring (bicyclic) bond motifs is 1. The van der Waals surface area contributed by atoms with Crippen molar-refractivity contribution in [3.63, 3.8) is 0 Å². The number of nitrogens with one attached hydrogen (secondary N) is 1. The van der Waals surface area contributed by atoms with Crippen molar-refractivity contribution in [1.82, 2.24) is 24.8 Å². The number of piperidine rings is 2. The van der Waals surface area contributed by atoms with Crippen LogP contribution in [0.25, 0.3) is 5.65 Å². The summed E-state index contributed by atoms with van der Waals surface area (Å²) in [6.07, 6.45) is 1.60. The molecule has 4 heterocycles. The Morgan fingerprint density at radius 3 is 2.67 bits per heavy atom. The van der Waals surface area contributed by atoms with Gasteiger partial charge >= 0.3 is 6.18 Å². The van der Waals surface area contributed by atoms with Crippen LogP contribution in [0.2, 0.25) is 0 Å². The maximum Gasteiger partial charge on any atom is 0.419 e. The zero-order valence-electron chi connectivity index (χ0n) is 21.9. The quantitative estimate of drug-likeness (QED) is 0.465. The molecule has 0 unspecified atom stereocenters. The number of benzene rings is 1. The molecular formula is C27H32F4N6O2. The maximum atomic E-state index is 14.6. The molecule has 12 heteroatoms. The second-order valence-electron chi connectivity index (χ2n) is 10.8. The van der Waals surface area contributed by atoms with Gasteiger partial charge in [0, 0.05) is 37.4 Å². The predicted molar refractivity (Wildman–Crippen MR) is 137 cm³/mol. The van der Waals surface area contributed by atoms with E-state index < -0.39 is 35.1 Å². The van der Waals surface area contributed by atoms with Gasteiger partial charge in [0.1, 0.15) is 12.1 Å². The van der Waals surface area contributed by atoms with E-state index in [1.165, 1.54) is 30.0 Å². The molecule has 2 saturated heterocycles. The van der Waals surface area contributed by atoms with Crippen LogP contribution in [0.15, 0.2) is 36.8 Å². The van der Waals surface area contributed by atoms with Crippen molar-refractivity contribution < 1.29 is 27.5 Å². The third-order valence-electron chi connectivity index (χ3n) is 7.79. The Bertz CT molecular complexity index is 1350. The fraction of sp³-hybridized carbons (Fsp3) is 0.519. The van der Waals surface area contributed by atoms with Gasteiger partial charge in [0.2, 0.25) is 0 Å². The molecular weight excluding hydrogens is 516 g/mol. The first kappa shape index (κ1) is 27.3. The molecule has 0 bridgehead atoms. The molecule has 0 aliphatic carbocycles. The highest BCUT2D eigenvalue weighted by atomic mass is 19.4. The molecule has 2 aliphatic heterocycles. The van der Waals surface area contributed by atoms with E-state index in [2.05, 4.69) is 25.2 Å². The number of carbonyl (C=O) groups is 1. The van der Waals surface area contributed by atoms with Gasteiger partial charge in [-0.05, 0) is 58.2 Å². The number of aliphatic hydroxyl groups is 1. The van der Waals surface area contributed by atoms with E-state index in [1.807, 2.05) is 6.92 Å². The van der Waals surface area contributed by atoms with Gasteiger partial charge < -0.3 is 15.3 Å². The smallest absolute Gasteiger partial charge is 0.389 e. The summed E-state index contributed by atoms with van der Waals surface area (Å²) in [5, 5.41) is 17.3. The van der Waals surface area contributed by atoms with E-state index in [1.54, 1.807) is 6.07 Å². The molecule has 2 atom stereocenters. The van der Waals surface area contributed by atoms with E-state index in [-0.39, 0.29) is 11.1 Å². The molecule has 2 fully saturated rings. The van der Waals surface area contributed by atoms with Gasteiger partial charge in [-0.3, -0.25) is 9.69 Å². The number of halogens is 4. The second-order valence-corrected chi connectivity index (χ2v) is 10.8. The highest BCUT2D eigenvalue weighted by Gasteiger charge is 2.36. The third-order valence-corrected chi connectivity index (χ3v) is 7.79. The summed E-state index contributed by atoms with van der Waals surface area (Å²) in [7, 11) is 0. The minimum absolute atomic E-state index is 0.233. The van der Waals surface area contributed by atoms with E-state index in [9.17, 15) is 27.5 Å². The van der Waals surface area contributed by atoms with Crippen LogP contribution >= 0.6 is 0 Å². The van der Waals surface area contributed by atoms with Crippen molar-refractivity contribution in [3.05, 3.63) is 59.3 Å².